The van der Waals surface area contributed by atoms with Gasteiger partial charge in [0.1, 0.15) is 11.6 Å². The van der Waals surface area contributed by atoms with Crippen LogP contribution in [-0.4, -0.2) is 54.4 Å². The van der Waals surface area contributed by atoms with E-state index in [0.717, 1.165) is 31.0 Å². The van der Waals surface area contributed by atoms with E-state index < -0.39 is 11.6 Å². The van der Waals surface area contributed by atoms with Gasteiger partial charge in [0.2, 0.25) is 5.91 Å². The molecule has 0 unspecified atom stereocenters. The number of carbonyl (C=O) groups is 1. The second kappa shape index (κ2) is 8.09. The predicted octanol–water partition coefficient (Wildman–Crippen LogP) is 1.96. The smallest absolute Gasteiger partial charge is 0.242 e. The van der Waals surface area contributed by atoms with E-state index in [9.17, 15) is 13.6 Å². The van der Waals surface area contributed by atoms with E-state index in [1.807, 2.05) is 9.80 Å². The number of piperazine rings is 1. The van der Waals surface area contributed by atoms with E-state index in [0.29, 0.717) is 25.1 Å². The Morgan fingerprint density at radius 2 is 2.08 bits per heavy atom. The third kappa shape index (κ3) is 4.34. The van der Waals surface area contributed by atoms with Crippen molar-refractivity contribution in [3.05, 3.63) is 35.4 Å². The molecule has 5 nitrogen and oxygen atoms in total. The molecule has 132 valence electrons. The van der Waals surface area contributed by atoms with Crippen LogP contribution in [0.15, 0.2) is 23.2 Å². The molecule has 2 aliphatic rings. The van der Waals surface area contributed by atoms with Crippen molar-refractivity contribution in [3.8, 4) is 0 Å². The number of rotatable bonds is 3. The molecule has 0 bridgehead atoms. The zero-order valence-corrected chi connectivity index (χ0v) is 15.8. The van der Waals surface area contributed by atoms with Crippen LogP contribution in [0.5, 0.6) is 0 Å². The Balaban J connectivity index is 0.00000208. The summed E-state index contributed by atoms with van der Waals surface area (Å²) in [6.07, 6.45) is 2.19. The molecule has 3 rings (SSSR count). The fourth-order valence-electron chi connectivity index (χ4n) is 2.82. The van der Waals surface area contributed by atoms with Crippen LogP contribution < -0.4 is 5.32 Å². The summed E-state index contributed by atoms with van der Waals surface area (Å²) in [6, 6.07) is 3.77. The topological polar surface area (TPSA) is 47.9 Å². The van der Waals surface area contributed by atoms with Gasteiger partial charge in [-0.1, -0.05) is 0 Å². The minimum absolute atomic E-state index is 0. The monoisotopic (exact) mass is 450 g/mol. The van der Waals surface area contributed by atoms with Gasteiger partial charge in [0.15, 0.2) is 5.96 Å². The number of benzene rings is 1. The summed E-state index contributed by atoms with van der Waals surface area (Å²) in [7, 11) is 1.61. The van der Waals surface area contributed by atoms with Gasteiger partial charge in [0.25, 0.3) is 0 Å². The molecule has 1 N–H and O–H groups in total. The van der Waals surface area contributed by atoms with Gasteiger partial charge < -0.3 is 15.1 Å². The van der Waals surface area contributed by atoms with Crippen molar-refractivity contribution in [1.29, 1.82) is 0 Å². The molecule has 24 heavy (non-hydrogen) atoms. The maximum atomic E-state index is 13.7. The molecule has 1 saturated heterocycles. The van der Waals surface area contributed by atoms with Crippen LogP contribution in [0.2, 0.25) is 0 Å². The number of halogens is 3. The number of nitrogens with zero attached hydrogens (tertiary/aromatic N) is 3. The molecule has 1 aliphatic heterocycles. The first-order valence-electron chi connectivity index (χ1n) is 7.77. The lowest BCUT2D eigenvalue weighted by Gasteiger charge is -2.36. The maximum Gasteiger partial charge on any atom is 0.242 e. The Kier molecular flexibility index (Phi) is 6.36. The molecular weight excluding hydrogens is 429 g/mol. The highest BCUT2D eigenvalue weighted by molar-refractivity contribution is 14.0. The molecule has 0 spiro atoms. The van der Waals surface area contributed by atoms with Crippen molar-refractivity contribution in [2.45, 2.75) is 25.4 Å². The van der Waals surface area contributed by atoms with Gasteiger partial charge >= 0.3 is 0 Å². The van der Waals surface area contributed by atoms with Crippen LogP contribution in [0.25, 0.3) is 0 Å². The summed E-state index contributed by atoms with van der Waals surface area (Å²) >= 11 is 0. The van der Waals surface area contributed by atoms with Crippen molar-refractivity contribution < 1.29 is 13.6 Å². The van der Waals surface area contributed by atoms with Crippen molar-refractivity contribution >= 4 is 35.8 Å². The molecule has 0 radical (unpaired) electrons. The van der Waals surface area contributed by atoms with E-state index in [1.165, 1.54) is 0 Å². The van der Waals surface area contributed by atoms with E-state index >= 15 is 0 Å². The summed E-state index contributed by atoms with van der Waals surface area (Å²) < 4.78 is 26.9. The molecule has 1 amide bonds. The fraction of sp³-hybridized carbons (Fsp3) is 0.500. The normalized spacial score (nSPS) is 18.5. The first-order valence-corrected chi connectivity index (χ1v) is 7.77. The first kappa shape index (κ1) is 18.9. The largest absolute Gasteiger partial charge is 0.352 e. The highest BCUT2D eigenvalue weighted by Crippen LogP contribution is 2.28. The lowest BCUT2D eigenvalue weighted by molar-refractivity contribution is -0.135. The van der Waals surface area contributed by atoms with Crippen LogP contribution in [0.3, 0.4) is 0 Å². The van der Waals surface area contributed by atoms with Crippen LogP contribution in [0, 0.1) is 11.6 Å². The van der Waals surface area contributed by atoms with Crippen molar-refractivity contribution in [2.75, 3.05) is 26.7 Å². The van der Waals surface area contributed by atoms with Crippen molar-refractivity contribution in [1.82, 2.24) is 15.1 Å². The van der Waals surface area contributed by atoms with Gasteiger partial charge in [-0.25, -0.2) is 8.78 Å². The molecule has 1 aromatic rings. The van der Waals surface area contributed by atoms with E-state index in [4.69, 9.17) is 0 Å². The zero-order valence-electron chi connectivity index (χ0n) is 13.5. The molecule has 8 heteroatoms. The average Bonchev–Trinajstić information content (AvgIpc) is 3.36. The highest BCUT2D eigenvalue weighted by Gasteiger charge is 2.36. The zero-order chi connectivity index (χ0) is 16.4. The maximum absolute atomic E-state index is 13.7. The van der Waals surface area contributed by atoms with Gasteiger partial charge in [-0.3, -0.25) is 9.79 Å². The first-order chi connectivity index (χ1) is 11.1. The van der Waals surface area contributed by atoms with E-state index in [-0.39, 0.29) is 48.5 Å². The van der Waals surface area contributed by atoms with E-state index in [2.05, 4.69) is 10.3 Å². The van der Waals surface area contributed by atoms with Crippen molar-refractivity contribution in [2.24, 2.45) is 4.99 Å². The Hall–Kier alpha value is -1.45. The Labute approximate surface area is 157 Å². The molecule has 1 aliphatic carbocycles. The lowest BCUT2D eigenvalue weighted by Crippen LogP contribution is -2.55. The number of hydrogen-bond acceptors (Lipinski definition) is 2. The third-order valence-electron chi connectivity index (χ3n) is 4.20. The third-order valence-corrected chi connectivity index (χ3v) is 4.20. The van der Waals surface area contributed by atoms with Crippen LogP contribution >= 0.6 is 24.0 Å². The number of guanidine groups is 1. The summed E-state index contributed by atoms with van der Waals surface area (Å²) in [6.45, 7) is 1.75. The van der Waals surface area contributed by atoms with Gasteiger partial charge in [0, 0.05) is 38.3 Å². The molecule has 0 aromatic heterocycles. The van der Waals surface area contributed by atoms with Crippen LogP contribution in [-0.2, 0) is 11.3 Å². The predicted molar refractivity (Wildman–Crippen MR) is 98.3 cm³/mol. The molecule has 1 heterocycles. The molecule has 1 aromatic carbocycles. The van der Waals surface area contributed by atoms with Crippen LogP contribution in [0.1, 0.15) is 18.4 Å². The SMILES string of the molecule is CN=C(NCc1cc(F)ccc1F)N1CCN(C2CC2)C(=O)C1.I. The fourth-order valence-corrected chi connectivity index (χ4v) is 2.82. The summed E-state index contributed by atoms with van der Waals surface area (Å²) in [5.74, 6) is -0.327. The molecular formula is C16H21F2IN4O. The van der Waals surface area contributed by atoms with E-state index in [1.54, 1.807) is 7.05 Å². The summed E-state index contributed by atoms with van der Waals surface area (Å²) in [4.78, 5) is 20.1. The minimum atomic E-state index is -0.480. The Morgan fingerprint density at radius 3 is 2.71 bits per heavy atom. The van der Waals surface area contributed by atoms with Crippen molar-refractivity contribution in [3.63, 3.8) is 0 Å². The number of aliphatic imine (C=N–C) groups is 1. The lowest BCUT2D eigenvalue weighted by atomic mass is 10.2. The minimum Gasteiger partial charge on any atom is -0.352 e. The quantitative estimate of drug-likeness (QED) is 0.436. The number of carbonyl (C=O) groups excluding carboxylic acids is 1. The number of amides is 1. The second-order valence-corrected chi connectivity index (χ2v) is 5.88. The number of hydrogen-bond donors (Lipinski definition) is 1. The molecule has 2 fully saturated rings. The molecule has 0 atom stereocenters. The summed E-state index contributed by atoms with van der Waals surface area (Å²) in [5.41, 5.74) is 0.231. The molecule has 1 saturated carbocycles. The van der Waals surface area contributed by atoms with Gasteiger partial charge in [0.05, 0.1) is 6.54 Å². The van der Waals surface area contributed by atoms with Gasteiger partial charge in [-0.15, -0.1) is 24.0 Å². The van der Waals surface area contributed by atoms with Crippen LogP contribution in [0.4, 0.5) is 8.78 Å². The Morgan fingerprint density at radius 1 is 1.33 bits per heavy atom. The highest BCUT2D eigenvalue weighted by atomic mass is 127. The summed E-state index contributed by atoms with van der Waals surface area (Å²) in [5, 5.41) is 3.00. The standard InChI is InChI=1S/C16H20F2N4O.HI/c1-19-16(20-9-11-8-12(17)2-5-14(11)18)21-6-7-22(13-3-4-13)15(23)10-21;/h2,5,8,13H,3-4,6-7,9-10H2,1H3,(H,19,20);1H. The average molecular weight is 450 g/mol. The Bertz CT molecular complexity index is 637. The second-order valence-electron chi connectivity index (χ2n) is 5.88. The number of nitrogens with one attached hydrogen (secondary N) is 1. The van der Waals surface area contributed by atoms with Gasteiger partial charge in [-0.2, -0.15) is 0 Å². The van der Waals surface area contributed by atoms with Gasteiger partial charge in [-0.05, 0) is 31.0 Å².